The molecule has 0 spiro atoms. The lowest BCUT2D eigenvalue weighted by Gasteiger charge is -2.09. The lowest BCUT2D eigenvalue weighted by Crippen LogP contribution is -2.14. The Balaban J connectivity index is 1.50. The van der Waals surface area contributed by atoms with E-state index in [0.29, 0.717) is 13.0 Å². The molecule has 0 aliphatic heterocycles. The molecule has 0 atom stereocenters. The monoisotopic (exact) mass is 364 g/mol. The van der Waals surface area contributed by atoms with Crippen LogP contribution in [0.25, 0.3) is 0 Å². The second-order valence-electron chi connectivity index (χ2n) is 6.13. The molecule has 27 heavy (non-hydrogen) atoms. The van der Waals surface area contributed by atoms with Gasteiger partial charge in [0.15, 0.2) is 0 Å². The summed E-state index contributed by atoms with van der Waals surface area (Å²) in [5, 5.41) is 6.15. The Bertz CT molecular complexity index is 876. The SMILES string of the molecule is COc1ccc(CC(=O)Nc2ccc(NCc3ccc(F)cc3)cc2)cc1. The number of anilines is 2. The molecule has 0 saturated carbocycles. The number of carbonyl (C=O) groups excluding carboxylic acids is 1. The van der Waals surface area contributed by atoms with Crippen LogP contribution in [0, 0.1) is 5.82 Å². The molecule has 3 aromatic carbocycles. The molecule has 0 bridgehead atoms. The van der Waals surface area contributed by atoms with Gasteiger partial charge in [-0.3, -0.25) is 4.79 Å². The van der Waals surface area contributed by atoms with Crippen molar-refractivity contribution in [3.63, 3.8) is 0 Å². The molecule has 0 aromatic heterocycles. The number of nitrogens with one attached hydrogen (secondary N) is 2. The second-order valence-corrected chi connectivity index (χ2v) is 6.13. The van der Waals surface area contributed by atoms with Gasteiger partial charge in [0.1, 0.15) is 11.6 Å². The standard InChI is InChI=1S/C22H21FN2O2/c1-27-21-12-4-16(5-13-21)14-22(26)25-20-10-8-19(9-11-20)24-15-17-2-6-18(23)7-3-17/h2-13,24H,14-15H2,1H3,(H,25,26). The molecule has 0 saturated heterocycles. The van der Waals surface area contributed by atoms with Gasteiger partial charge in [0.25, 0.3) is 0 Å². The van der Waals surface area contributed by atoms with Gasteiger partial charge in [-0.05, 0) is 59.7 Å². The predicted octanol–water partition coefficient (Wildman–Crippen LogP) is 4.63. The Labute approximate surface area is 158 Å². The van der Waals surface area contributed by atoms with Gasteiger partial charge in [0, 0.05) is 17.9 Å². The molecule has 0 aliphatic carbocycles. The topological polar surface area (TPSA) is 50.4 Å². The molecular formula is C22H21FN2O2. The summed E-state index contributed by atoms with van der Waals surface area (Å²) in [6, 6.07) is 21.3. The number of benzene rings is 3. The average Bonchev–Trinajstić information content (AvgIpc) is 2.69. The van der Waals surface area contributed by atoms with Crippen LogP contribution < -0.4 is 15.4 Å². The zero-order valence-electron chi connectivity index (χ0n) is 15.0. The van der Waals surface area contributed by atoms with Crippen LogP contribution in [0.5, 0.6) is 5.75 Å². The van der Waals surface area contributed by atoms with E-state index in [0.717, 1.165) is 28.3 Å². The van der Waals surface area contributed by atoms with Crippen LogP contribution in [-0.4, -0.2) is 13.0 Å². The van der Waals surface area contributed by atoms with E-state index in [1.54, 1.807) is 19.2 Å². The second kappa shape index (κ2) is 8.85. The summed E-state index contributed by atoms with van der Waals surface area (Å²) in [6.45, 7) is 0.601. The molecule has 3 aromatic rings. The van der Waals surface area contributed by atoms with Crippen LogP contribution in [0.4, 0.5) is 15.8 Å². The fraction of sp³-hybridized carbons (Fsp3) is 0.136. The zero-order valence-corrected chi connectivity index (χ0v) is 15.0. The number of rotatable bonds is 7. The number of halogens is 1. The maximum atomic E-state index is 12.9. The van der Waals surface area contributed by atoms with Crippen LogP contribution in [-0.2, 0) is 17.8 Å². The predicted molar refractivity (Wildman–Crippen MR) is 105 cm³/mol. The Morgan fingerprint density at radius 2 is 1.44 bits per heavy atom. The Morgan fingerprint density at radius 1 is 0.852 bits per heavy atom. The largest absolute Gasteiger partial charge is 0.497 e. The van der Waals surface area contributed by atoms with Crippen LogP contribution >= 0.6 is 0 Å². The van der Waals surface area contributed by atoms with Gasteiger partial charge in [-0.15, -0.1) is 0 Å². The van der Waals surface area contributed by atoms with Gasteiger partial charge in [0.05, 0.1) is 13.5 Å². The van der Waals surface area contributed by atoms with Crippen molar-refractivity contribution >= 4 is 17.3 Å². The first-order valence-corrected chi connectivity index (χ1v) is 8.63. The first kappa shape index (κ1) is 18.5. The van der Waals surface area contributed by atoms with Crippen molar-refractivity contribution in [3.8, 4) is 5.75 Å². The van der Waals surface area contributed by atoms with Gasteiger partial charge in [0.2, 0.25) is 5.91 Å². The van der Waals surface area contributed by atoms with Crippen molar-refractivity contribution in [1.82, 2.24) is 0 Å². The third kappa shape index (κ3) is 5.57. The number of carbonyl (C=O) groups is 1. The van der Waals surface area contributed by atoms with Crippen molar-refractivity contribution < 1.29 is 13.9 Å². The minimum atomic E-state index is -0.242. The van der Waals surface area contributed by atoms with E-state index < -0.39 is 0 Å². The third-order valence-corrected chi connectivity index (χ3v) is 4.10. The minimum absolute atomic E-state index is 0.0767. The number of amides is 1. The molecule has 2 N–H and O–H groups in total. The normalized spacial score (nSPS) is 10.3. The quantitative estimate of drug-likeness (QED) is 0.643. The molecule has 138 valence electrons. The summed E-state index contributed by atoms with van der Waals surface area (Å²) in [4.78, 5) is 12.2. The molecule has 0 aliphatic rings. The van der Waals surface area contributed by atoms with E-state index in [1.807, 2.05) is 48.5 Å². The lowest BCUT2D eigenvalue weighted by molar-refractivity contribution is -0.115. The molecule has 4 nitrogen and oxygen atoms in total. The van der Waals surface area contributed by atoms with Crippen LogP contribution in [0.1, 0.15) is 11.1 Å². The van der Waals surface area contributed by atoms with Gasteiger partial charge < -0.3 is 15.4 Å². The van der Waals surface area contributed by atoms with E-state index in [2.05, 4.69) is 10.6 Å². The van der Waals surface area contributed by atoms with Crippen molar-refractivity contribution in [3.05, 3.63) is 89.7 Å². The highest BCUT2D eigenvalue weighted by molar-refractivity contribution is 5.92. The van der Waals surface area contributed by atoms with E-state index in [9.17, 15) is 9.18 Å². The maximum Gasteiger partial charge on any atom is 0.228 e. The fourth-order valence-corrected chi connectivity index (χ4v) is 2.61. The van der Waals surface area contributed by atoms with Gasteiger partial charge in [-0.2, -0.15) is 0 Å². The first-order valence-electron chi connectivity index (χ1n) is 8.63. The summed E-state index contributed by atoms with van der Waals surface area (Å²) < 4.78 is 18.0. The Kier molecular flexibility index (Phi) is 6.05. The van der Waals surface area contributed by atoms with Crippen LogP contribution in [0.2, 0.25) is 0 Å². The van der Waals surface area contributed by atoms with Crippen molar-refractivity contribution in [2.24, 2.45) is 0 Å². The average molecular weight is 364 g/mol. The van der Waals surface area contributed by atoms with Crippen molar-refractivity contribution in [1.29, 1.82) is 0 Å². The van der Waals surface area contributed by atoms with E-state index in [1.165, 1.54) is 12.1 Å². The van der Waals surface area contributed by atoms with Crippen LogP contribution in [0.3, 0.4) is 0 Å². The zero-order chi connectivity index (χ0) is 19.1. The number of ether oxygens (including phenoxy) is 1. The van der Waals surface area contributed by atoms with Crippen molar-refractivity contribution in [2.75, 3.05) is 17.7 Å². The third-order valence-electron chi connectivity index (χ3n) is 4.10. The molecule has 0 unspecified atom stereocenters. The first-order chi connectivity index (χ1) is 13.1. The van der Waals surface area contributed by atoms with E-state index >= 15 is 0 Å². The molecule has 3 rings (SSSR count). The molecular weight excluding hydrogens is 343 g/mol. The summed E-state index contributed by atoms with van der Waals surface area (Å²) in [5.74, 6) is 0.448. The maximum absolute atomic E-state index is 12.9. The number of hydrogen-bond acceptors (Lipinski definition) is 3. The van der Waals surface area contributed by atoms with Gasteiger partial charge in [-0.1, -0.05) is 24.3 Å². The highest BCUT2D eigenvalue weighted by atomic mass is 19.1. The lowest BCUT2D eigenvalue weighted by atomic mass is 10.1. The summed E-state index contributed by atoms with van der Waals surface area (Å²) in [5.41, 5.74) is 3.58. The van der Waals surface area contributed by atoms with E-state index in [-0.39, 0.29) is 11.7 Å². The number of methoxy groups -OCH3 is 1. The van der Waals surface area contributed by atoms with Crippen molar-refractivity contribution in [2.45, 2.75) is 13.0 Å². The van der Waals surface area contributed by atoms with Crippen LogP contribution in [0.15, 0.2) is 72.8 Å². The molecule has 0 fully saturated rings. The molecule has 0 heterocycles. The van der Waals surface area contributed by atoms with Gasteiger partial charge in [-0.25, -0.2) is 4.39 Å². The highest BCUT2D eigenvalue weighted by Crippen LogP contribution is 2.16. The Hall–Kier alpha value is -3.34. The van der Waals surface area contributed by atoms with Gasteiger partial charge >= 0.3 is 0 Å². The summed E-state index contributed by atoms with van der Waals surface area (Å²) in [7, 11) is 1.61. The minimum Gasteiger partial charge on any atom is -0.497 e. The fourth-order valence-electron chi connectivity index (χ4n) is 2.61. The molecule has 5 heteroatoms. The molecule has 0 radical (unpaired) electrons. The smallest absolute Gasteiger partial charge is 0.228 e. The summed E-state index contributed by atoms with van der Waals surface area (Å²) in [6.07, 6.45) is 0.300. The molecule has 1 amide bonds. The highest BCUT2D eigenvalue weighted by Gasteiger charge is 2.05. The Morgan fingerprint density at radius 3 is 2.07 bits per heavy atom. The summed E-state index contributed by atoms with van der Waals surface area (Å²) >= 11 is 0. The van der Waals surface area contributed by atoms with E-state index in [4.69, 9.17) is 4.74 Å². The number of hydrogen-bond donors (Lipinski definition) is 2.